The number of ether oxygens (including phenoxy) is 2. The number of thiocarbonyl (C=S) groups is 1. The molecule has 5 heteroatoms. The molecule has 0 heterocycles. The molecule has 0 aliphatic carbocycles. The Balaban J connectivity index is 2.28. The van der Waals surface area contributed by atoms with Gasteiger partial charge in [0.1, 0.15) is 18.1 Å². The molecule has 0 bridgehead atoms. The number of rotatable bonds is 7. The first-order valence-corrected chi connectivity index (χ1v) is 5.76. The normalized spacial score (nSPS) is 10.3. The van der Waals surface area contributed by atoms with E-state index in [1.54, 1.807) is 7.11 Å². The summed E-state index contributed by atoms with van der Waals surface area (Å²) in [6.07, 6.45) is 0. The molecule has 1 rings (SSSR count). The number of nitrogens with zero attached hydrogens (tertiary/aromatic N) is 1. The van der Waals surface area contributed by atoms with Gasteiger partial charge < -0.3 is 15.2 Å². The third-order valence-corrected chi connectivity index (χ3v) is 2.36. The Hall–Kier alpha value is -1.33. The highest BCUT2D eigenvalue weighted by Gasteiger charge is 2.00. The molecule has 0 unspecified atom stereocenters. The summed E-state index contributed by atoms with van der Waals surface area (Å²) >= 11 is 4.82. The molecule has 0 aliphatic heterocycles. The fourth-order valence-electron chi connectivity index (χ4n) is 1.34. The topological polar surface area (TPSA) is 47.7 Å². The Labute approximate surface area is 107 Å². The van der Waals surface area contributed by atoms with Gasteiger partial charge >= 0.3 is 0 Å². The van der Waals surface area contributed by atoms with E-state index in [2.05, 4.69) is 0 Å². The lowest BCUT2D eigenvalue weighted by Gasteiger charge is -2.15. The molecular formula is C12H18N2O2S. The molecule has 2 N–H and O–H groups in total. The van der Waals surface area contributed by atoms with Crippen molar-refractivity contribution in [3.8, 4) is 11.5 Å². The highest BCUT2D eigenvalue weighted by atomic mass is 32.1. The Bertz CT molecular complexity index is 354. The van der Waals surface area contributed by atoms with Gasteiger partial charge in [-0.15, -0.1) is 0 Å². The summed E-state index contributed by atoms with van der Waals surface area (Å²) in [7, 11) is 3.59. The van der Waals surface area contributed by atoms with E-state index in [9.17, 15) is 0 Å². The van der Waals surface area contributed by atoms with Crippen LogP contribution in [-0.4, -0.2) is 43.7 Å². The standard InChI is InChI=1S/C12H18N2O2S/c1-14(9-12(13)17)7-8-16-11-5-3-10(15-2)4-6-11/h3-6H,7-9H2,1-2H3,(H2,13,17). The maximum Gasteiger partial charge on any atom is 0.119 e. The van der Waals surface area contributed by atoms with Crippen molar-refractivity contribution in [1.29, 1.82) is 0 Å². The van der Waals surface area contributed by atoms with E-state index in [0.717, 1.165) is 18.0 Å². The molecule has 4 nitrogen and oxygen atoms in total. The first-order chi connectivity index (χ1) is 8.11. The van der Waals surface area contributed by atoms with Crippen LogP contribution in [0, 0.1) is 0 Å². The fraction of sp³-hybridized carbons (Fsp3) is 0.417. The fourth-order valence-corrected chi connectivity index (χ4v) is 1.56. The molecule has 0 spiro atoms. The SMILES string of the molecule is COc1ccc(OCCN(C)CC(N)=S)cc1. The summed E-state index contributed by atoms with van der Waals surface area (Å²) in [5, 5.41) is 0. The van der Waals surface area contributed by atoms with E-state index in [-0.39, 0.29) is 0 Å². The summed E-state index contributed by atoms with van der Waals surface area (Å²) in [4.78, 5) is 2.52. The first-order valence-electron chi connectivity index (χ1n) is 5.35. The summed E-state index contributed by atoms with van der Waals surface area (Å²) in [6, 6.07) is 7.50. The van der Waals surface area contributed by atoms with E-state index >= 15 is 0 Å². The van der Waals surface area contributed by atoms with Crippen molar-refractivity contribution >= 4 is 17.2 Å². The second-order valence-corrected chi connectivity index (χ2v) is 4.25. The average molecular weight is 254 g/mol. The number of benzene rings is 1. The zero-order valence-electron chi connectivity index (χ0n) is 10.2. The van der Waals surface area contributed by atoms with Crippen LogP contribution in [-0.2, 0) is 0 Å². The minimum Gasteiger partial charge on any atom is -0.497 e. The van der Waals surface area contributed by atoms with Gasteiger partial charge in [-0.05, 0) is 31.3 Å². The molecule has 0 saturated heterocycles. The van der Waals surface area contributed by atoms with Gasteiger partial charge in [0, 0.05) is 13.1 Å². The molecule has 94 valence electrons. The van der Waals surface area contributed by atoms with E-state index in [1.807, 2.05) is 36.2 Å². The molecule has 1 aromatic rings. The summed E-state index contributed by atoms with van der Waals surface area (Å²) in [6.45, 7) is 2.00. The molecule has 0 aliphatic rings. The monoisotopic (exact) mass is 254 g/mol. The van der Waals surface area contributed by atoms with E-state index in [1.165, 1.54) is 0 Å². The molecule has 0 fully saturated rings. The Morgan fingerprint density at radius 2 is 1.88 bits per heavy atom. The molecule has 1 aromatic carbocycles. The van der Waals surface area contributed by atoms with Gasteiger partial charge in [0.15, 0.2) is 0 Å². The largest absolute Gasteiger partial charge is 0.497 e. The van der Waals surface area contributed by atoms with Crippen molar-refractivity contribution in [3.05, 3.63) is 24.3 Å². The highest BCUT2D eigenvalue weighted by molar-refractivity contribution is 7.80. The Morgan fingerprint density at radius 3 is 2.41 bits per heavy atom. The Kier molecular flexibility index (Phi) is 5.72. The molecule has 0 saturated carbocycles. The number of hydrogen-bond donors (Lipinski definition) is 1. The number of hydrogen-bond acceptors (Lipinski definition) is 4. The van der Waals surface area contributed by atoms with Gasteiger partial charge in [0.25, 0.3) is 0 Å². The van der Waals surface area contributed by atoms with Crippen LogP contribution in [0.5, 0.6) is 11.5 Å². The smallest absolute Gasteiger partial charge is 0.119 e. The van der Waals surface area contributed by atoms with Gasteiger partial charge in [-0.25, -0.2) is 0 Å². The zero-order chi connectivity index (χ0) is 12.7. The molecule has 0 amide bonds. The third kappa shape index (κ3) is 5.51. The predicted molar refractivity (Wildman–Crippen MR) is 72.8 cm³/mol. The van der Waals surface area contributed by atoms with E-state index in [0.29, 0.717) is 18.1 Å². The van der Waals surface area contributed by atoms with E-state index < -0.39 is 0 Å². The summed E-state index contributed by atoms with van der Waals surface area (Å²) in [5.74, 6) is 1.65. The van der Waals surface area contributed by atoms with Crippen molar-refractivity contribution in [2.75, 3.05) is 33.9 Å². The maximum absolute atomic E-state index is 5.58. The van der Waals surface area contributed by atoms with Crippen LogP contribution in [0.4, 0.5) is 0 Å². The second-order valence-electron chi connectivity index (χ2n) is 3.73. The first kappa shape index (κ1) is 13.7. The van der Waals surface area contributed by atoms with Crippen LogP contribution in [0.15, 0.2) is 24.3 Å². The zero-order valence-corrected chi connectivity index (χ0v) is 11.0. The van der Waals surface area contributed by atoms with Gasteiger partial charge in [0.05, 0.1) is 12.1 Å². The van der Waals surface area contributed by atoms with Crippen molar-refractivity contribution in [2.24, 2.45) is 5.73 Å². The second kappa shape index (κ2) is 7.09. The molecule has 0 aromatic heterocycles. The maximum atomic E-state index is 5.58. The van der Waals surface area contributed by atoms with Crippen LogP contribution >= 0.6 is 12.2 Å². The van der Waals surface area contributed by atoms with Crippen molar-refractivity contribution in [2.45, 2.75) is 0 Å². The lowest BCUT2D eigenvalue weighted by atomic mass is 10.3. The van der Waals surface area contributed by atoms with E-state index in [4.69, 9.17) is 27.4 Å². The number of nitrogens with two attached hydrogens (primary N) is 1. The van der Waals surface area contributed by atoms with Crippen LogP contribution in [0.2, 0.25) is 0 Å². The minimum absolute atomic E-state index is 0.497. The summed E-state index contributed by atoms with van der Waals surface area (Å²) in [5.41, 5.74) is 5.44. The average Bonchev–Trinajstić information content (AvgIpc) is 2.29. The van der Waals surface area contributed by atoms with Crippen LogP contribution in [0.1, 0.15) is 0 Å². The molecule has 0 atom stereocenters. The summed E-state index contributed by atoms with van der Waals surface area (Å²) < 4.78 is 10.6. The number of methoxy groups -OCH3 is 1. The van der Waals surface area contributed by atoms with Crippen LogP contribution in [0.3, 0.4) is 0 Å². The molecular weight excluding hydrogens is 236 g/mol. The highest BCUT2D eigenvalue weighted by Crippen LogP contribution is 2.16. The van der Waals surface area contributed by atoms with Crippen molar-refractivity contribution < 1.29 is 9.47 Å². The van der Waals surface area contributed by atoms with Gasteiger partial charge in [0.2, 0.25) is 0 Å². The van der Waals surface area contributed by atoms with Crippen LogP contribution in [0.25, 0.3) is 0 Å². The molecule has 0 radical (unpaired) electrons. The van der Waals surface area contributed by atoms with Gasteiger partial charge in [-0.2, -0.15) is 0 Å². The van der Waals surface area contributed by atoms with Crippen molar-refractivity contribution in [3.63, 3.8) is 0 Å². The van der Waals surface area contributed by atoms with Gasteiger partial charge in [-0.3, -0.25) is 4.90 Å². The van der Waals surface area contributed by atoms with Crippen LogP contribution < -0.4 is 15.2 Å². The molecule has 17 heavy (non-hydrogen) atoms. The number of likely N-dealkylation sites (N-methyl/N-ethyl adjacent to an activating group) is 1. The van der Waals surface area contributed by atoms with Gasteiger partial charge in [-0.1, -0.05) is 12.2 Å². The predicted octanol–water partition coefficient (Wildman–Crippen LogP) is 1.29. The lowest BCUT2D eigenvalue weighted by molar-refractivity contribution is 0.253. The third-order valence-electron chi connectivity index (χ3n) is 2.23. The lowest BCUT2D eigenvalue weighted by Crippen LogP contribution is -2.32. The Morgan fingerprint density at radius 1 is 1.29 bits per heavy atom. The quantitative estimate of drug-likeness (QED) is 0.743. The minimum atomic E-state index is 0.497. The van der Waals surface area contributed by atoms with Crippen molar-refractivity contribution in [1.82, 2.24) is 4.90 Å².